The molecule has 1 saturated carbocycles. The molecule has 1 fully saturated rings. The summed E-state index contributed by atoms with van der Waals surface area (Å²) in [5.74, 6) is 2.35. The Morgan fingerprint density at radius 1 is 0.903 bits per heavy atom. The second-order valence-corrected chi connectivity index (χ2v) is 8.34. The van der Waals surface area contributed by atoms with Gasteiger partial charge in [-0.25, -0.2) is 0 Å². The summed E-state index contributed by atoms with van der Waals surface area (Å²) in [6.45, 7) is 4.70. The molecule has 4 heteroatoms. The predicted molar refractivity (Wildman–Crippen MR) is 124 cm³/mol. The zero-order valence-electron chi connectivity index (χ0n) is 17.4. The number of ether oxygens (including phenoxy) is 1. The third kappa shape index (κ3) is 4.32. The van der Waals surface area contributed by atoms with Crippen molar-refractivity contribution in [3.8, 4) is 17.2 Å². The maximum Gasteiger partial charge on any atom is 0.135 e. The Bertz CT molecular complexity index is 1050. The van der Waals surface area contributed by atoms with Crippen molar-refractivity contribution < 1.29 is 20.1 Å². The van der Waals surface area contributed by atoms with Gasteiger partial charge in [0, 0.05) is 29.2 Å². The van der Waals surface area contributed by atoms with E-state index in [-0.39, 0.29) is 19.8 Å². The Kier molecular flexibility index (Phi) is 6.73. The van der Waals surface area contributed by atoms with Crippen LogP contribution in [0.25, 0.3) is 0 Å². The number of fused-ring (bicyclic) bond motifs is 2. The summed E-state index contributed by atoms with van der Waals surface area (Å²) >= 11 is 0. The number of rotatable bonds is 3. The second kappa shape index (κ2) is 9.13. The summed E-state index contributed by atoms with van der Waals surface area (Å²) in [6.07, 6.45) is 2.52. The van der Waals surface area contributed by atoms with Gasteiger partial charge in [-0.15, -0.1) is 0 Å². The van der Waals surface area contributed by atoms with E-state index in [2.05, 4.69) is 26.0 Å². The van der Waals surface area contributed by atoms with Gasteiger partial charge >= 0.3 is 0 Å². The molecular weight excluding hydrogens is 388 g/mol. The van der Waals surface area contributed by atoms with E-state index < -0.39 is 5.41 Å². The first-order valence-electron chi connectivity index (χ1n) is 10.4. The van der Waals surface area contributed by atoms with Gasteiger partial charge in [0.05, 0.1) is 6.61 Å². The van der Waals surface area contributed by atoms with E-state index in [0.29, 0.717) is 18.3 Å². The number of hydrogen-bond donors (Lipinski definition) is 3. The number of aliphatic hydroxyl groups excluding tert-OH is 2. The fourth-order valence-electron chi connectivity index (χ4n) is 4.22. The Labute approximate surface area is 184 Å². The summed E-state index contributed by atoms with van der Waals surface area (Å²) in [7, 11) is 0. The molecule has 3 N–H and O–H groups in total. The van der Waals surface area contributed by atoms with Crippen LogP contribution >= 0.6 is 0 Å². The standard InChI is InChI=1S/C22H20O3.C4H8O.CH4/c1-14-11-15(13-23)7-9-17(14)22(2)18-5-3-4-6-20(18)25-21-12-16(24)8-10-19(21)22;5-3-4-1-2-4;/h3-12,23-24H,13H2,1-2H3;4-5H,1-3H2;1H4. The predicted octanol–water partition coefficient (Wildman–Crippen LogP) is 5.68. The average Bonchev–Trinajstić information content (AvgIpc) is 3.58. The Hall–Kier alpha value is -2.82. The van der Waals surface area contributed by atoms with Crippen molar-refractivity contribution in [2.75, 3.05) is 6.61 Å². The monoisotopic (exact) mass is 420 g/mol. The molecule has 1 heterocycles. The molecule has 3 aromatic carbocycles. The molecule has 2 aliphatic rings. The largest absolute Gasteiger partial charge is 0.508 e. The van der Waals surface area contributed by atoms with Gasteiger partial charge in [-0.2, -0.15) is 0 Å². The molecule has 0 spiro atoms. The summed E-state index contributed by atoms with van der Waals surface area (Å²) < 4.78 is 6.06. The zero-order chi connectivity index (χ0) is 21.3. The van der Waals surface area contributed by atoms with E-state index in [1.54, 1.807) is 12.1 Å². The Morgan fingerprint density at radius 3 is 2.19 bits per heavy atom. The summed E-state index contributed by atoms with van der Waals surface area (Å²) in [5.41, 5.74) is 4.88. The first kappa shape index (κ1) is 22.9. The summed E-state index contributed by atoms with van der Waals surface area (Å²) in [6, 6.07) is 19.4. The van der Waals surface area contributed by atoms with Gasteiger partial charge in [-0.1, -0.05) is 49.9 Å². The lowest BCUT2D eigenvalue weighted by molar-refractivity contribution is 0.277. The molecular formula is C27H32O4. The highest BCUT2D eigenvalue weighted by Gasteiger charge is 2.40. The lowest BCUT2D eigenvalue weighted by Gasteiger charge is -2.39. The SMILES string of the molecule is C.Cc1cc(CO)ccc1C1(C)c2ccccc2Oc2cc(O)ccc21.OCC1CC1. The van der Waals surface area contributed by atoms with Crippen LogP contribution in [0.5, 0.6) is 17.2 Å². The molecule has 1 aliphatic heterocycles. The second-order valence-electron chi connectivity index (χ2n) is 8.34. The highest BCUT2D eigenvalue weighted by atomic mass is 16.5. The van der Waals surface area contributed by atoms with Gasteiger partial charge in [0.25, 0.3) is 0 Å². The van der Waals surface area contributed by atoms with E-state index in [0.717, 1.165) is 33.6 Å². The molecule has 3 aromatic rings. The maximum absolute atomic E-state index is 9.89. The van der Waals surface area contributed by atoms with Crippen molar-refractivity contribution in [2.45, 2.75) is 46.1 Å². The van der Waals surface area contributed by atoms with Crippen LogP contribution in [0.1, 0.15) is 55.0 Å². The van der Waals surface area contributed by atoms with Crippen LogP contribution in [0.4, 0.5) is 0 Å². The third-order valence-electron chi connectivity index (χ3n) is 6.12. The van der Waals surface area contributed by atoms with Crippen molar-refractivity contribution >= 4 is 0 Å². The van der Waals surface area contributed by atoms with Crippen LogP contribution in [-0.2, 0) is 12.0 Å². The molecule has 0 aromatic heterocycles. The zero-order valence-corrected chi connectivity index (χ0v) is 17.4. The first-order valence-corrected chi connectivity index (χ1v) is 10.4. The van der Waals surface area contributed by atoms with Gasteiger partial charge in [-0.3, -0.25) is 0 Å². The number of para-hydroxylation sites is 1. The highest BCUT2D eigenvalue weighted by molar-refractivity contribution is 5.64. The number of phenols is 1. The van der Waals surface area contributed by atoms with Crippen molar-refractivity contribution in [3.63, 3.8) is 0 Å². The molecule has 0 radical (unpaired) electrons. The van der Waals surface area contributed by atoms with Crippen LogP contribution < -0.4 is 4.74 Å². The number of benzene rings is 3. The van der Waals surface area contributed by atoms with Crippen LogP contribution in [-0.4, -0.2) is 21.9 Å². The lowest BCUT2D eigenvalue weighted by atomic mass is 9.68. The Morgan fingerprint density at radius 2 is 1.58 bits per heavy atom. The molecule has 1 aliphatic carbocycles. The average molecular weight is 421 g/mol. The molecule has 1 atom stereocenters. The van der Waals surface area contributed by atoms with Crippen molar-refractivity contribution in [1.29, 1.82) is 0 Å². The van der Waals surface area contributed by atoms with Gasteiger partial charge in [0.2, 0.25) is 0 Å². The molecule has 0 saturated heterocycles. The van der Waals surface area contributed by atoms with Gasteiger partial charge < -0.3 is 20.1 Å². The summed E-state index contributed by atoms with van der Waals surface area (Å²) in [5, 5.41) is 27.5. The van der Waals surface area contributed by atoms with E-state index in [1.165, 1.54) is 12.8 Å². The van der Waals surface area contributed by atoms with E-state index >= 15 is 0 Å². The van der Waals surface area contributed by atoms with Crippen LogP contribution in [0, 0.1) is 12.8 Å². The number of aliphatic hydroxyl groups is 2. The van der Waals surface area contributed by atoms with E-state index in [4.69, 9.17) is 9.84 Å². The van der Waals surface area contributed by atoms with E-state index in [9.17, 15) is 10.2 Å². The summed E-state index contributed by atoms with van der Waals surface area (Å²) in [4.78, 5) is 0. The van der Waals surface area contributed by atoms with Gasteiger partial charge in [0.1, 0.15) is 17.2 Å². The number of hydrogen-bond acceptors (Lipinski definition) is 4. The van der Waals surface area contributed by atoms with Crippen molar-refractivity contribution in [3.05, 3.63) is 88.5 Å². The normalized spacial score (nSPS) is 18.5. The molecule has 0 bridgehead atoms. The van der Waals surface area contributed by atoms with Crippen molar-refractivity contribution in [1.82, 2.24) is 0 Å². The molecule has 4 nitrogen and oxygen atoms in total. The lowest BCUT2D eigenvalue weighted by Crippen LogP contribution is -2.30. The highest BCUT2D eigenvalue weighted by Crippen LogP contribution is 2.52. The number of aromatic hydroxyl groups is 1. The minimum Gasteiger partial charge on any atom is -0.508 e. The fourth-order valence-corrected chi connectivity index (χ4v) is 4.22. The maximum atomic E-state index is 9.89. The van der Waals surface area contributed by atoms with Gasteiger partial charge in [0.15, 0.2) is 0 Å². The topological polar surface area (TPSA) is 69.9 Å². The fraction of sp³-hybridized carbons (Fsp3) is 0.333. The third-order valence-corrected chi connectivity index (χ3v) is 6.12. The van der Waals surface area contributed by atoms with Crippen molar-refractivity contribution in [2.24, 2.45) is 5.92 Å². The first-order chi connectivity index (χ1) is 14.5. The molecule has 1 unspecified atom stereocenters. The van der Waals surface area contributed by atoms with Gasteiger partial charge in [-0.05, 0) is 61.4 Å². The minimum absolute atomic E-state index is 0. The smallest absolute Gasteiger partial charge is 0.135 e. The Balaban J connectivity index is 0.000000401. The van der Waals surface area contributed by atoms with Crippen LogP contribution in [0.15, 0.2) is 60.7 Å². The number of phenolic OH excluding ortho intramolecular Hbond substituents is 1. The van der Waals surface area contributed by atoms with Crippen LogP contribution in [0.2, 0.25) is 0 Å². The van der Waals surface area contributed by atoms with Crippen LogP contribution in [0.3, 0.4) is 0 Å². The number of aryl methyl sites for hydroxylation is 1. The molecule has 0 amide bonds. The molecule has 31 heavy (non-hydrogen) atoms. The van der Waals surface area contributed by atoms with E-state index in [1.807, 2.05) is 36.4 Å². The molecule has 164 valence electrons. The molecule has 5 rings (SSSR count). The quantitative estimate of drug-likeness (QED) is 0.510. The minimum atomic E-state index is -0.407.